The van der Waals surface area contributed by atoms with Crippen LogP contribution >= 0.6 is 0 Å². The third-order valence-electron chi connectivity index (χ3n) is 5.80. The van der Waals surface area contributed by atoms with Crippen molar-refractivity contribution in [3.05, 3.63) is 29.8 Å². The summed E-state index contributed by atoms with van der Waals surface area (Å²) >= 11 is 0. The second-order valence-corrected chi connectivity index (χ2v) is 8.96. The number of likely N-dealkylation sites (tertiary alicyclic amines) is 1. The van der Waals surface area contributed by atoms with Crippen molar-refractivity contribution < 1.29 is 28.7 Å². The molecule has 1 atom stereocenters. The molecule has 0 aromatic heterocycles. The SMILES string of the molecule is CC(C)COC(=O)c1ccc(NC(=O)COC(=O)[C@@H]2CC(=O)N(C3CCCCC3)C2)cc1. The Morgan fingerprint density at radius 2 is 1.75 bits per heavy atom. The molecular formula is C24H32N2O6. The predicted octanol–water partition coefficient (Wildman–Crippen LogP) is 3.16. The summed E-state index contributed by atoms with van der Waals surface area (Å²) in [5.41, 5.74) is 0.870. The van der Waals surface area contributed by atoms with Crippen molar-refractivity contribution in [3.63, 3.8) is 0 Å². The van der Waals surface area contributed by atoms with E-state index in [-0.39, 0.29) is 24.3 Å². The number of carbonyl (C=O) groups excluding carboxylic acids is 4. The molecule has 1 aliphatic carbocycles. The van der Waals surface area contributed by atoms with Crippen LogP contribution < -0.4 is 5.32 Å². The number of anilines is 1. The molecule has 1 aromatic rings. The Balaban J connectivity index is 1.42. The summed E-state index contributed by atoms with van der Waals surface area (Å²) in [6, 6.07) is 6.53. The Morgan fingerprint density at radius 1 is 1.06 bits per heavy atom. The number of esters is 2. The quantitative estimate of drug-likeness (QED) is 0.618. The maximum absolute atomic E-state index is 12.4. The molecule has 1 saturated heterocycles. The molecule has 1 aliphatic heterocycles. The van der Waals surface area contributed by atoms with Crippen molar-refractivity contribution in [2.24, 2.45) is 11.8 Å². The van der Waals surface area contributed by atoms with E-state index in [4.69, 9.17) is 9.47 Å². The van der Waals surface area contributed by atoms with Crippen molar-refractivity contribution in [3.8, 4) is 0 Å². The molecule has 174 valence electrons. The third kappa shape index (κ3) is 6.55. The smallest absolute Gasteiger partial charge is 0.338 e. The first-order valence-electron chi connectivity index (χ1n) is 11.4. The van der Waals surface area contributed by atoms with E-state index in [2.05, 4.69) is 5.32 Å². The predicted molar refractivity (Wildman–Crippen MR) is 118 cm³/mol. The molecule has 2 amide bonds. The lowest BCUT2D eigenvalue weighted by molar-refractivity contribution is -0.151. The molecule has 2 fully saturated rings. The molecule has 1 heterocycles. The van der Waals surface area contributed by atoms with E-state index < -0.39 is 30.4 Å². The van der Waals surface area contributed by atoms with Crippen LogP contribution in [0.1, 0.15) is 62.7 Å². The Kier molecular flexibility index (Phi) is 8.25. The average molecular weight is 445 g/mol. The molecule has 3 rings (SSSR count). The first-order chi connectivity index (χ1) is 15.3. The molecule has 1 aromatic carbocycles. The minimum absolute atomic E-state index is 0.00434. The van der Waals surface area contributed by atoms with Gasteiger partial charge in [-0.05, 0) is 43.0 Å². The molecule has 0 bridgehead atoms. The highest BCUT2D eigenvalue weighted by Crippen LogP contribution is 2.29. The Bertz CT molecular complexity index is 829. The topological polar surface area (TPSA) is 102 Å². The minimum atomic E-state index is -0.520. The number of amides is 2. The van der Waals surface area contributed by atoms with Gasteiger partial charge in [0.05, 0.1) is 18.1 Å². The van der Waals surface area contributed by atoms with E-state index in [0.29, 0.717) is 24.4 Å². The highest BCUT2D eigenvalue weighted by atomic mass is 16.5. The number of nitrogens with zero attached hydrogens (tertiary/aromatic N) is 1. The lowest BCUT2D eigenvalue weighted by Crippen LogP contribution is -2.38. The first-order valence-corrected chi connectivity index (χ1v) is 11.4. The normalized spacial score (nSPS) is 19.2. The lowest BCUT2D eigenvalue weighted by atomic mass is 9.94. The van der Waals surface area contributed by atoms with Gasteiger partial charge in [-0.15, -0.1) is 0 Å². The molecule has 1 N–H and O–H groups in total. The summed E-state index contributed by atoms with van der Waals surface area (Å²) in [5.74, 6) is -1.70. The maximum Gasteiger partial charge on any atom is 0.338 e. The fraction of sp³-hybridized carbons (Fsp3) is 0.583. The zero-order chi connectivity index (χ0) is 23.1. The van der Waals surface area contributed by atoms with Gasteiger partial charge < -0.3 is 19.7 Å². The van der Waals surface area contributed by atoms with Crippen molar-refractivity contribution in [2.75, 3.05) is 25.1 Å². The van der Waals surface area contributed by atoms with Gasteiger partial charge in [0.15, 0.2) is 6.61 Å². The second-order valence-electron chi connectivity index (χ2n) is 8.96. The lowest BCUT2D eigenvalue weighted by Gasteiger charge is -2.31. The number of hydrogen-bond donors (Lipinski definition) is 1. The molecule has 1 saturated carbocycles. The van der Waals surface area contributed by atoms with Crippen LogP contribution in [0.5, 0.6) is 0 Å². The summed E-state index contributed by atoms with van der Waals surface area (Å²) in [4.78, 5) is 50.6. The largest absolute Gasteiger partial charge is 0.462 e. The van der Waals surface area contributed by atoms with Gasteiger partial charge in [0, 0.05) is 24.7 Å². The van der Waals surface area contributed by atoms with Gasteiger partial charge in [-0.1, -0.05) is 33.1 Å². The fourth-order valence-corrected chi connectivity index (χ4v) is 4.10. The first kappa shape index (κ1) is 23.8. The zero-order valence-electron chi connectivity index (χ0n) is 18.8. The molecular weight excluding hydrogens is 412 g/mol. The van der Waals surface area contributed by atoms with Crippen LogP contribution in [0.15, 0.2) is 24.3 Å². The number of nitrogens with one attached hydrogen (secondary N) is 1. The van der Waals surface area contributed by atoms with Crippen molar-refractivity contribution in [1.82, 2.24) is 4.90 Å². The summed E-state index contributed by atoms with van der Waals surface area (Å²) in [7, 11) is 0. The Morgan fingerprint density at radius 3 is 2.41 bits per heavy atom. The number of ether oxygens (including phenoxy) is 2. The van der Waals surface area contributed by atoms with Gasteiger partial charge in [-0.25, -0.2) is 4.79 Å². The van der Waals surface area contributed by atoms with Gasteiger partial charge in [0.25, 0.3) is 5.91 Å². The van der Waals surface area contributed by atoms with Crippen LogP contribution in [-0.4, -0.2) is 54.5 Å². The van der Waals surface area contributed by atoms with Gasteiger partial charge in [-0.2, -0.15) is 0 Å². The molecule has 0 spiro atoms. The highest BCUT2D eigenvalue weighted by Gasteiger charge is 2.39. The molecule has 8 nitrogen and oxygen atoms in total. The fourth-order valence-electron chi connectivity index (χ4n) is 4.10. The van der Waals surface area contributed by atoms with Gasteiger partial charge in [0.2, 0.25) is 5.91 Å². The number of rotatable bonds is 8. The molecule has 2 aliphatic rings. The zero-order valence-corrected chi connectivity index (χ0v) is 18.8. The summed E-state index contributed by atoms with van der Waals surface area (Å²) in [6.45, 7) is 4.20. The van der Waals surface area contributed by atoms with Crippen LogP contribution in [0.25, 0.3) is 0 Å². The number of benzene rings is 1. The number of carbonyl (C=O) groups is 4. The van der Waals surface area contributed by atoms with Crippen molar-refractivity contribution in [1.29, 1.82) is 0 Å². The van der Waals surface area contributed by atoms with E-state index in [1.807, 2.05) is 18.7 Å². The van der Waals surface area contributed by atoms with Crippen LogP contribution in [0.4, 0.5) is 5.69 Å². The van der Waals surface area contributed by atoms with Gasteiger partial charge in [0.1, 0.15) is 0 Å². The monoisotopic (exact) mass is 444 g/mol. The Hall–Kier alpha value is -2.90. The van der Waals surface area contributed by atoms with Crippen LogP contribution in [0.2, 0.25) is 0 Å². The van der Waals surface area contributed by atoms with E-state index >= 15 is 0 Å². The standard InChI is InChI=1S/C24H32N2O6/c1-16(2)14-31-23(29)17-8-10-19(11-9-17)25-21(27)15-32-24(30)18-12-22(28)26(13-18)20-6-4-3-5-7-20/h8-11,16,18,20H,3-7,12-15H2,1-2H3,(H,25,27)/t18-/m1/s1. The molecule has 0 radical (unpaired) electrons. The molecule has 0 unspecified atom stereocenters. The highest BCUT2D eigenvalue weighted by molar-refractivity contribution is 5.95. The van der Waals surface area contributed by atoms with Crippen LogP contribution in [-0.2, 0) is 23.9 Å². The summed E-state index contributed by atoms with van der Waals surface area (Å²) < 4.78 is 10.3. The van der Waals surface area contributed by atoms with E-state index in [1.54, 1.807) is 24.3 Å². The van der Waals surface area contributed by atoms with E-state index in [0.717, 1.165) is 25.7 Å². The van der Waals surface area contributed by atoms with Gasteiger partial charge in [-0.3, -0.25) is 14.4 Å². The van der Waals surface area contributed by atoms with Gasteiger partial charge >= 0.3 is 11.9 Å². The van der Waals surface area contributed by atoms with Crippen LogP contribution in [0.3, 0.4) is 0 Å². The second kappa shape index (κ2) is 11.1. The summed E-state index contributed by atoms with van der Waals surface area (Å²) in [5, 5.41) is 2.63. The van der Waals surface area contributed by atoms with Crippen LogP contribution in [0, 0.1) is 11.8 Å². The Labute approximate surface area is 188 Å². The third-order valence-corrected chi connectivity index (χ3v) is 5.80. The molecule has 32 heavy (non-hydrogen) atoms. The number of hydrogen-bond acceptors (Lipinski definition) is 6. The average Bonchev–Trinajstić information content (AvgIpc) is 3.18. The maximum atomic E-state index is 12.4. The molecule has 8 heteroatoms. The van der Waals surface area contributed by atoms with E-state index in [1.165, 1.54) is 6.42 Å². The van der Waals surface area contributed by atoms with E-state index in [9.17, 15) is 19.2 Å². The van der Waals surface area contributed by atoms with Crippen molar-refractivity contribution in [2.45, 2.75) is 58.4 Å². The van der Waals surface area contributed by atoms with Crippen molar-refractivity contribution >= 4 is 29.4 Å². The summed E-state index contributed by atoms with van der Waals surface area (Å²) in [6.07, 6.45) is 5.55. The minimum Gasteiger partial charge on any atom is -0.462 e.